The number of hydrogen-bond donors (Lipinski definition) is 3. The minimum Gasteiger partial charge on any atom is -0.340 e. The van der Waals surface area contributed by atoms with Gasteiger partial charge in [0.2, 0.25) is 0 Å². The van der Waals surface area contributed by atoms with Crippen molar-refractivity contribution in [2.45, 2.75) is 20.8 Å². The number of nitrogens with zero attached hydrogens (tertiary/aromatic N) is 1. The lowest BCUT2D eigenvalue weighted by atomic mass is 10.2. The van der Waals surface area contributed by atoms with Crippen molar-refractivity contribution in [1.82, 2.24) is 20.7 Å². The molecule has 0 saturated heterocycles. The first-order valence-electron chi connectivity index (χ1n) is 6.98. The van der Waals surface area contributed by atoms with Gasteiger partial charge < -0.3 is 9.88 Å². The van der Waals surface area contributed by atoms with Crippen LogP contribution in [0, 0.1) is 20.8 Å². The molecule has 3 amide bonds. The van der Waals surface area contributed by atoms with E-state index in [0.717, 1.165) is 22.6 Å². The molecule has 0 atom stereocenters. The first-order valence-corrected chi connectivity index (χ1v) is 6.98. The summed E-state index contributed by atoms with van der Waals surface area (Å²) < 4.78 is 2.02. The smallest absolute Gasteiger partial charge is 0.333 e. The quantitative estimate of drug-likeness (QED) is 0.742. The molecule has 6 nitrogen and oxygen atoms in total. The fourth-order valence-electron chi connectivity index (χ4n) is 2.40. The fourth-order valence-corrected chi connectivity index (χ4v) is 2.40. The average molecular weight is 300 g/mol. The summed E-state index contributed by atoms with van der Waals surface area (Å²) in [6.07, 6.45) is 0. The highest BCUT2D eigenvalue weighted by atomic mass is 16.2. The molecule has 0 aliphatic rings. The molecular weight excluding hydrogens is 280 g/mol. The summed E-state index contributed by atoms with van der Waals surface area (Å²) in [5.74, 6) is -0.351. The first kappa shape index (κ1) is 15.6. The Morgan fingerprint density at radius 2 is 1.77 bits per heavy atom. The molecule has 0 fully saturated rings. The number of hydrazine groups is 1. The van der Waals surface area contributed by atoms with Gasteiger partial charge in [0.25, 0.3) is 5.91 Å². The van der Waals surface area contributed by atoms with E-state index >= 15 is 0 Å². The summed E-state index contributed by atoms with van der Waals surface area (Å²) in [5.41, 5.74) is 9.11. The van der Waals surface area contributed by atoms with Crippen LogP contribution >= 0.6 is 0 Å². The molecule has 0 aliphatic heterocycles. The van der Waals surface area contributed by atoms with Gasteiger partial charge in [0, 0.05) is 24.1 Å². The molecule has 116 valence electrons. The second-order valence-electron chi connectivity index (χ2n) is 5.12. The van der Waals surface area contributed by atoms with Crippen LogP contribution in [-0.4, -0.2) is 23.6 Å². The fraction of sp³-hybridized carbons (Fsp3) is 0.250. The van der Waals surface area contributed by atoms with Crippen LogP contribution in [-0.2, 0) is 0 Å². The number of urea groups is 1. The highest BCUT2D eigenvalue weighted by Gasteiger charge is 2.17. The molecule has 2 aromatic rings. The zero-order valence-electron chi connectivity index (χ0n) is 13.2. The third-order valence-corrected chi connectivity index (χ3v) is 3.45. The van der Waals surface area contributed by atoms with E-state index in [2.05, 4.69) is 22.2 Å². The van der Waals surface area contributed by atoms with Gasteiger partial charge in [0.15, 0.2) is 0 Å². The van der Waals surface area contributed by atoms with Crippen LogP contribution in [0.2, 0.25) is 0 Å². The molecule has 6 heteroatoms. The van der Waals surface area contributed by atoms with Crippen LogP contribution in [0.5, 0.6) is 0 Å². The lowest BCUT2D eigenvalue weighted by Crippen LogP contribution is -2.45. The summed E-state index contributed by atoms with van der Waals surface area (Å²) in [6.45, 7) is 5.85. The summed E-state index contributed by atoms with van der Waals surface area (Å²) in [7, 11) is 1.48. The van der Waals surface area contributed by atoms with Gasteiger partial charge in [0.05, 0.1) is 5.56 Å². The second-order valence-corrected chi connectivity index (χ2v) is 5.12. The third-order valence-electron chi connectivity index (χ3n) is 3.45. The Balaban J connectivity index is 2.31. The predicted molar refractivity (Wildman–Crippen MR) is 85.0 cm³/mol. The number of rotatable bonds is 2. The highest BCUT2D eigenvalue weighted by molar-refractivity contribution is 5.96. The van der Waals surface area contributed by atoms with E-state index in [0.29, 0.717) is 5.56 Å². The molecule has 0 unspecified atom stereocenters. The van der Waals surface area contributed by atoms with Gasteiger partial charge in [-0.2, -0.15) is 0 Å². The Morgan fingerprint density at radius 1 is 1.05 bits per heavy atom. The van der Waals surface area contributed by atoms with Crippen molar-refractivity contribution in [3.05, 3.63) is 52.8 Å². The van der Waals surface area contributed by atoms with Crippen LogP contribution in [0.15, 0.2) is 30.3 Å². The van der Waals surface area contributed by atoms with Gasteiger partial charge >= 0.3 is 6.03 Å². The molecule has 2 rings (SSSR count). The van der Waals surface area contributed by atoms with Crippen molar-refractivity contribution in [3.8, 4) is 5.69 Å². The summed E-state index contributed by atoms with van der Waals surface area (Å²) in [4.78, 5) is 23.3. The number of benzene rings is 1. The van der Waals surface area contributed by atoms with E-state index in [9.17, 15) is 9.59 Å². The van der Waals surface area contributed by atoms with E-state index < -0.39 is 6.03 Å². The number of amides is 3. The second kappa shape index (κ2) is 6.34. The summed E-state index contributed by atoms with van der Waals surface area (Å²) in [6, 6.07) is 9.40. The van der Waals surface area contributed by atoms with E-state index in [1.165, 1.54) is 7.05 Å². The Hall–Kier alpha value is -2.76. The molecule has 0 radical (unpaired) electrons. The van der Waals surface area contributed by atoms with E-state index in [-0.39, 0.29) is 5.91 Å². The SMILES string of the molecule is CNC(=O)NNC(=O)c1cc(C)n(-c2cccc(C)c2)c1C. The maximum absolute atomic E-state index is 12.2. The maximum Gasteiger partial charge on any atom is 0.333 e. The van der Waals surface area contributed by atoms with Crippen molar-refractivity contribution in [1.29, 1.82) is 0 Å². The van der Waals surface area contributed by atoms with Gasteiger partial charge in [-0.25, -0.2) is 10.2 Å². The van der Waals surface area contributed by atoms with Gasteiger partial charge in [-0.3, -0.25) is 10.2 Å². The number of hydrogen-bond acceptors (Lipinski definition) is 2. The zero-order chi connectivity index (χ0) is 16.3. The summed E-state index contributed by atoms with van der Waals surface area (Å²) >= 11 is 0. The largest absolute Gasteiger partial charge is 0.340 e. The monoisotopic (exact) mass is 300 g/mol. The van der Waals surface area contributed by atoms with Crippen LogP contribution in [0.3, 0.4) is 0 Å². The number of aryl methyl sites for hydroxylation is 2. The van der Waals surface area contributed by atoms with Gasteiger partial charge in [-0.15, -0.1) is 0 Å². The molecule has 22 heavy (non-hydrogen) atoms. The molecule has 0 saturated carbocycles. The molecule has 1 heterocycles. The molecule has 1 aromatic heterocycles. The van der Waals surface area contributed by atoms with Gasteiger partial charge in [0.1, 0.15) is 0 Å². The minimum atomic E-state index is -0.471. The van der Waals surface area contributed by atoms with E-state index in [1.54, 1.807) is 6.07 Å². The van der Waals surface area contributed by atoms with Crippen LogP contribution in [0.1, 0.15) is 27.3 Å². The molecule has 1 aromatic carbocycles. The number of aromatic nitrogens is 1. The standard InChI is InChI=1S/C16H20N4O2/c1-10-6-5-7-13(8-10)20-11(2)9-14(12(20)3)15(21)18-19-16(22)17-4/h5-9H,1-4H3,(H,18,21)(H2,17,19,22). The average Bonchev–Trinajstić information content (AvgIpc) is 2.79. The maximum atomic E-state index is 12.2. The molecule has 0 spiro atoms. The topological polar surface area (TPSA) is 75.2 Å². The van der Waals surface area contributed by atoms with Crippen LogP contribution in [0.4, 0.5) is 4.79 Å². The van der Waals surface area contributed by atoms with Crippen molar-refractivity contribution in [2.24, 2.45) is 0 Å². The third kappa shape index (κ3) is 3.11. The molecule has 3 N–H and O–H groups in total. The zero-order valence-corrected chi connectivity index (χ0v) is 13.2. The number of carbonyl (C=O) groups excluding carboxylic acids is 2. The number of nitrogens with one attached hydrogen (secondary N) is 3. The van der Waals surface area contributed by atoms with Crippen LogP contribution < -0.4 is 16.2 Å². The van der Waals surface area contributed by atoms with Crippen LogP contribution in [0.25, 0.3) is 5.69 Å². The molecule has 0 aliphatic carbocycles. The first-order chi connectivity index (χ1) is 10.4. The lowest BCUT2D eigenvalue weighted by Gasteiger charge is -2.11. The van der Waals surface area contributed by atoms with Crippen molar-refractivity contribution < 1.29 is 9.59 Å². The Labute approximate surface area is 129 Å². The Bertz CT molecular complexity index is 719. The molecule has 0 bridgehead atoms. The summed E-state index contributed by atoms with van der Waals surface area (Å²) in [5, 5.41) is 2.37. The Morgan fingerprint density at radius 3 is 2.41 bits per heavy atom. The highest BCUT2D eigenvalue weighted by Crippen LogP contribution is 2.21. The van der Waals surface area contributed by atoms with E-state index in [1.807, 2.05) is 43.5 Å². The Kier molecular flexibility index (Phi) is 4.50. The van der Waals surface area contributed by atoms with Gasteiger partial charge in [-0.05, 0) is 44.5 Å². The lowest BCUT2D eigenvalue weighted by molar-refractivity contribution is 0.0936. The van der Waals surface area contributed by atoms with E-state index in [4.69, 9.17) is 0 Å². The minimum absolute atomic E-state index is 0.351. The van der Waals surface area contributed by atoms with Gasteiger partial charge in [-0.1, -0.05) is 12.1 Å². The normalized spacial score (nSPS) is 10.2. The van der Waals surface area contributed by atoms with Crippen molar-refractivity contribution in [3.63, 3.8) is 0 Å². The van der Waals surface area contributed by atoms with Crippen molar-refractivity contribution in [2.75, 3.05) is 7.05 Å². The predicted octanol–water partition coefficient (Wildman–Crippen LogP) is 1.98. The molecular formula is C16H20N4O2. The number of carbonyl (C=O) groups is 2. The van der Waals surface area contributed by atoms with Crippen molar-refractivity contribution >= 4 is 11.9 Å².